The van der Waals surface area contributed by atoms with Gasteiger partial charge in [0.15, 0.2) is 5.82 Å². The number of carbonyl (C=O) groups excluding carboxylic acids is 2. The number of piperidine rings is 1. The molecule has 4 bridgehead atoms. The monoisotopic (exact) mass is 684 g/mol. The van der Waals surface area contributed by atoms with Crippen LogP contribution in [0.3, 0.4) is 0 Å². The summed E-state index contributed by atoms with van der Waals surface area (Å²) in [5, 5.41) is 15.4. The van der Waals surface area contributed by atoms with E-state index in [0.29, 0.717) is 58.1 Å². The smallest absolute Gasteiger partial charge is 0.228 e. The van der Waals surface area contributed by atoms with E-state index in [0.717, 1.165) is 42.4 Å². The fourth-order valence-electron chi connectivity index (χ4n) is 9.32. The average Bonchev–Trinajstić information content (AvgIpc) is 3.35. The Labute approximate surface area is 287 Å². The third-order valence-electron chi connectivity index (χ3n) is 11.7. The minimum atomic E-state index is -0.502. The van der Waals surface area contributed by atoms with E-state index >= 15 is 4.39 Å². The molecule has 2 saturated carbocycles. The molecule has 6 fully saturated rings. The number of fused-ring (bicyclic) bond motifs is 6. The van der Waals surface area contributed by atoms with Gasteiger partial charge in [-0.25, -0.2) is 9.37 Å². The van der Waals surface area contributed by atoms with Gasteiger partial charge in [0.1, 0.15) is 5.52 Å². The first-order valence-corrected chi connectivity index (χ1v) is 17.7. The lowest BCUT2D eigenvalue weighted by atomic mass is 9.79. The molecule has 10 rings (SSSR count). The number of carbonyl (C=O) groups is 2. The number of nitrogens with one attached hydrogen (secondary N) is 1. The highest BCUT2D eigenvalue weighted by atomic mass is 35.5. The number of halogens is 3. The number of amides is 2. The van der Waals surface area contributed by atoms with Crippen molar-refractivity contribution in [1.82, 2.24) is 24.7 Å². The highest BCUT2D eigenvalue weighted by Crippen LogP contribution is 2.54. The van der Waals surface area contributed by atoms with Gasteiger partial charge in [0, 0.05) is 71.8 Å². The number of likely N-dealkylation sites (N-methyl/N-ethyl adjacent to an activating group) is 1. The lowest BCUT2D eigenvalue weighted by Gasteiger charge is -2.40. The lowest BCUT2D eigenvalue weighted by molar-refractivity contribution is -0.136. The van der Waals surface area contributed by atoms with Crippen LogP contribution in [0.25, 0.3) is 32.9 Å². The molecular weight excluding hydrogens is 650 g/mol. The predicted octanol–water partition coefficient (Wildman–Crippen LogP) is 6.74. The van der Waals surface area contributed by atoms with Gasteiger partial charge in [0.25, 0.3) is 0 Å². The van der Waals surface area contributed by atoms with Crippen LogP contribution in [0.15, 0.2) is 30.3 Å². The van der Waals surface area contributed by atoms with E-state index in [1.807, 2.05) is 24.9 Å². The Morgan fingerprint density at radius 1 is 1.19 bits per heavy atom. The van der Waals surface area contributed by atoms with Crippen molar-refractivity contribution in [3.63, 3.8) is 0 Å². The summed E-state index contributed by atoms with van der Waals surface area (Å²) in [7, 11) is 1.84. The van der Waals surface area contributed by atoms with Gasteiger partial charge in [-0.3, -0.25) is 9.59 Å². The number of pyridine rings is 1. The third-order valence-corrected chi connectivity index (χ3v) is 12.5. The highest BCUT2D eigenvalue weighted by Gasteiger charge is 2.57. The first-order chi connectivity index (χ1) is 23.2. The van der Waals surface area contributed by atoms with Crippen LogP contribution in [-0.4, -0.2) is 63.4 Å². The molecule has 0 radical (unpaired) electrons. The molecule has 1 N–H and O–H groups in total. The van der Waals surface area contributed by atoms with E-state index in [-0.39, 0.29) is 58.7 Å². The molecule has 4 saturated heterocycles. The van der Waals surface area contributed by atoms with Gasteiger partial charge in [-0.2, -0.15) is 5.26 Å². The number of nitriles is 1. The molecule has 6 unspecified atom stereocenters. The molecule has 48 heavy (non-hydrogen) atoms. The fourth-order valence-corrected chi connectivity index (χ4v) is 9.72. The van der Waals surface area contributed by atoms with Gasteiger partial charge in [-0.1, -0.05) is 35.3 Å². The van der Waals surface area contributed by atoms with Crippen molar-refractivity contribution in [2.75, 3.05) is 20.1 Å². The van der Waals surface area contributed by atoms with Crippen molar-refractivity contribution in [1.29, 1.82) is 5.26 Å². The quantitative estimate of drug-likeness (QED) is 0.243. The SMILES string of the molecule is Cc1nc2c(F)c(-c3cccc(Cl)c3Cl)c(CCC#N)cc2c2c1cc(C1C3CC(CN(C)C3=O)N1C(=O)C1CC1)n2C1C2CNC1C2. The zero-order chi connectivity index (χ0) is 33.2. The van der Waals surface area contributed by atoms with Crippen LogP contribution in [0.2, 0.25) is 10.0 Å². The van der Waals surface area contributed by atoms with E-state index < -0.39 is 11.9 Å². The Balaban J connectivity index is 1.34. The second-order valence-corrected chi connectivity index (χ2v) is 15.2. The maximum Gasteiger partial charge on any atom is 0.228 e. The fraction of sp³-hybridized carbons (Fsp3) is 0.459. The second kappa shape index (κ2) is 10.9. The van der Waals surface area contributed by atoms with Crippen LogP contribution in [-0.2, 0) is 16.0 Å². The number of hydrogen-bond donors (Lipinski definition) is 1. The molecule has 6 aliphatic rings. The lowest BCUT2D eigenvalue weighted by Crippen LogP contribution is -2.45. The third kappa shape index (κ3) is 4.25. The normalized spacial score (nSPS) is 27.6. The molecule has 6 heterocycles. The standard InChI is InChI=1S/C37H35Cl2FN6O2/c1-17-23-14-28(35-25-13-21(16-44(2)37(25)48)45(35)36(47)18-8-9-18)46(33-20-12-27(33)42-15-20)34(23)24-11-19(5-4-10-41)29(31(40)32(24)43-17)22-6-3-7-26(38)30(22)39/h3,6-7,11,14,18,20-21,25,27,33,35,42H,4-5,8-9,12-13,15-16H2,1-2H3. The van der Waals surface area contributed by atoms with Gasteiger partial charge < -0.3 is 19.7 Å². The van der Waals surface area contributed by atoms with Crippen LogP contribution in [0.4, 0.5) is 4.39 Å². The number of likely N-dealkylation sites (tertiary alicyclic amines) is 2. The van der Waals surface area contributed by atoms with Crippen molar-refractivity contribution in [2.24, 2.45) is 17.8 Å². The minimum Gasteiger partial charge on any atom is -0.343 e. The highest BCUT2D eigenvalue weighted by molar-refractivity contribution is 6.43. The minimum absolute atomic E-state index is 0.0180. The number of nitrogens with zero attached hydrogens (tertiary/aromatic N) is 5. The molecule has 4 aliphatic heterocycles. The van der Waals surface area contributed by atoms with Crippen LogP contribution in [0.1, 0.15) is 61.1 Å². The Morgan fingerprint density at radius 3 is 2.71 bits per heavy atom. The van der Waals surface area contributed by atoms with Gasteiger partial charge in [0.2, 0.25) is 11.8 Å². The summed E-state index contributed by atoms with van der Waals surface area (Å²) in [5.41, 5.74) is 4.14. The summed E-state index contributed by atoms with van der Waals surface area (Å²) in [4.78, 5) is 36.5. The van der Waals surface area contributed by atoms with Crippen LogP contribution < -0.4 is 5.32 Å². The molecule has 2 aliphatic carbocycles. The number of aryl methyl sites for hydroxylation is 2. The van der Waals surface area contributed by atoms with Gasteiger partial charge >= 0.3 is 0 Å². The van der Waals surface area contributed by atoms with E-state index in [9.17, 15) is 14.9 Å². The molecule has 246 valence electrons. The molecule has 6 atom stereocenters. The number of benzene rings is 2. The average molecular weight is 686 g/mol. The molecule has 2 aromatic heterocycles. The summed E-state index contributed by atoms with van der Waals surface area (Å²) in [6.07, 6.45) is 3.99. The molecular formula is C37H35Cl2FN6O2. The Kier molecular flexibility index (Phi) is 6.89. The van der Waals surface area contributed by atoms with Crippen LogP contribution in [0.5, 0.6) is 0 Å². The second-order valence-electron chi connectivity index (χ2n) is 14.5. The summed E-state index contributed by atoms with van der Waals surface area (Å²) >= 11 is 13.1. The van der Waals surface area contributed by atoms with Crippen molar-refractivity contribution >= 4 is 56.8 Å². The molecule has 4 aromatic rings. The van der Waals surface area contributed by atoms with Crippen molar-refractivity contribution in [2.45, 2.75) is 69.6 Å². The predicted molar refractivity (Wildman–Crippen MR) is 182 cm³/mol. The summed E-state index contributed by atoms with van der Waals surface area (Å²) in [5.74, 6) is -0.227. The van der Waals surface area contributed by atoms with E-state index in [1.165, 1.54) is 0 Å². The molecule has 11 heteroatoms. The summed E-state index contributed by atoms with van der Waals surface area (Å²) in [6.45, 7) is 3.32. The van der Waals surface area contributed by atoms with E-state index in [1.54, 1.807) is 23.1 Å². The summed E-state index contributed by atoms with van der Waals surface area (Å²) in [6, 6.07) is 11.4. The maximum absolute atomic E-state index is 17.1. The zero-order valence-electron chi connectivity index (χ0n) is 26.8. The van der Waals surface area contributed by atoms with Crippen molar-refractivity contribution < 1.29 is 14.0 Å². The molecule has 2 amide bonds. The van der Waals surface area contributed by atoms with Crippen molar-refractivity contribution in [3.8, 4) is 17.2 Å². The zero-order valence-corrected chi connectivity index (χ0v) is 28.3. The van der Waals surface area contributed by atoms with Crippen LogP contribution in [0, 0.1) is 41.8 Å². The van der Waals surface area contributed by atoms with Gasteiger partial charge in [-0.05, 0) is 68.7 Å². The van der Waals surface area contributed by atoms with E-state index in [4.69, 9.17) is 28.2 Å². The molecule has 0 spiro atoms. The Hall–Kier alpha value is -3.71. The maximum atomic E-state index is 17.1. The largest absolute Gasteiger partial charge is 0.343 e. The number of rotatable bonds is 6. The summed E-state index contributed by atoms with van der Waals surface area (Å²) < 4.78 is 19.5. The van der Waals surface area contributed by atoms with E-state index in [2.05, 4.69) is 22.0 Å². The Morgan fingerprint density at radius 2 is 2.00 bits per heavy atom. The Bertz CT molecular complexity index is 2110. The number of aromatic nitrogens is 2. The van der Waals surface area contributed by atoms with Gasteiger partial charge in [0.05, 0.1) is 45.7 Å². The topological polar surface area (TPSA) is 94.3 Å². The first kappa shape index (κ1) is 30.4. The van der Waals surface area contributed by atoms with Gasteiger partial charge in [-0.15, -0.1) is 0 Å². The van der Waals surface area contributed by atoms with Crippen molar-refractivity contribution in [3.05, 3.63) is 63.1 Å². The number of hydrogen-bond acceptors (Lipinski definition) is 5. The first-order valence-electron chi connectivity index (χ1n) is 17.0. The molecule has 8 nitrogen and oxygen atoms in total. The molecule has 2 aromatic carbocycles. The van der Waals surface area contributed by atoms with Crippen LogP contribution >= 0.6 is 23.2 Å².